The summed E-state index contributed by atoms with van der Waals surface area (Å²) in [6.07, 6.45) is 10.0. The fourth-order valence-corrected chi connectivity index (χ4v) is 2.69. The van der Waals surface area contributed by atoms with Crippen LogP contribution < -0.4 is 0 Å². The molecule has 1 fully saturated rings. The minimum atomic E-state index is -0.548. The summed E-state index contributed by atoms with van der Waals surface area (Å²) in [6.45, 7) is 2.21. The molecule has 0 bridgehead atoms. The molecule has 1 aliphatic rings. The predicted molar refractivity (Wildman–Crippen MR) is 61.8 cm³/mol. The first kappa shape index (κ1) is 12.3. The molecule has 0 heterocycles. The van der Waals surface area contributed by atoms with Crippen LogP contribution in [-0.4, -0.2) is 16.1 Å². The van der Waals surface area contributed by atoms with Crippen molar-refractivity contribution in [2.75, 3.05) is 0 Å². The molecule has 84 valence electrons. The molecule has 1 saturated carbocycles. The number of hydrogen-bond acceptors (Lipinski definition) is 1. The Morgan fingerprint density at radius 3 is 2.71 bits per heavy atom. The maximum Gasteiger partial charge on any atom is 0.0810 e. The third kappa shape index (κ3) is 3.43. The molecule has 2 atom stereocenters. The summed E-state index contributed by atoms with van der Waals surface area (Å²) < 4.78 is 0. The summed E-state index contributed by atoms with van der Waals surface area (Å²) in [5, 5.41) is 10.3. The molecule has 1 N–H and O–H groups in total. The van der Waals surface area contributed by atoms with E-state index in [1.807, 2.05) is 0 Å². The SMILES string of the molecule is CCCCCC[C@@]1(O)CCCC[C@@H]1Cl. The summed E-state index contributed by atoms with van der Waals surface area (Å²) >= 11 is 6.19. The molecule has 0 unspecified atom stereocenters. The van der Waals surface area contributed by atoms with E-state index in [0.29, 0.717) is 0 Å². The lowest BCUT2D eigenvalue weighted by Crippen LogP contribution is -2.41. The third-order valence-corrected chi connectivity index (χ3v) is 3.99. The highest BCUT2D eigenvalue weighted by Gasteiger charge is 2.36. The molecule has 0 aromatic carbocycles. The normalized spacial score (nSPS) is 33.2. The quantitative estimate of drug-likeness (QED) is 0.549. The minimum Gasteiger partial charge on any atom is -0.388 e. The van der Waals surface area contributed by atoms with Crippen LogP contribution >= 0.6 is 11.6 Å². The molecule has 0 aromatic rings. The van der Waals surface area contributed by atoms with Crippen LogP contribution in [0.15, 0.2) is 0 Å². The van der Waals surface area contributed by atoms with Crippen molar-refractivity contribution in [2.24, 2.45) is 0 Å². The Morgan fingerprint density at radius 1 is 1.29 bits per heavy atom. The topological polar surface area (TPSA) is 20.2 Å². The fraction of sp³-hybridized carbons (Fsp3) is 1.00. The largest absolute Gasteiger partial charge is 0.388 e. The van der Waals surface area contributed by atoms with Gasteiger partial charge >= 0.3 is 0 Å². The van der Waals surface area contributed by atoms with E-state index in [4.69, 9.17) is 11.6 Å². The van der Waals surface area contributed by atoms with Crippen LogP contribution in [0.1, 0.15) is 64.7 Å². The lowest BCUT2D eigenvalue weighted by molar-refractivity contribution is -0.00167. The van der Waals surface area contributed by atoms with Crippen LogP contribution in [0.2, 0.25) is 0 Å². The molecule has 14 heavy (non-hydrogen) atoms. The van der Waals surface area contributed by atoms with Gasteiger partial charge in [0.2, 0.25) is 0 Å². The summed E-state index contributed by atoms with van der Waals surface area (Å²) in [5.41, 5.74) is -0.548. The van der Waals surface area contributed by atoms with Crippen molar-refractivity contribution in [3.8, 4) is 0 Å². The molecule has 1 aliphatic carbocycles. The first-order chi connectivity index (χ1) is 6.69. The molecule has 0 amide bonds. The zero-order chi connectivity index (χ0) is 10.4. The highest BCUT2D eigenvalue weighted by molar-refractivity contribution is 6.21. The van der Waals surface area contributed by atoms with Crippen molar-refractivity contribution in [3.05, 3.63) is 0 Å². The number of hydrogen-bond donors (Lipinski definition) is 1. The first-order valence-electron chi connectivity index (χ1n) is 6.05. The second-order valence-corrected chi connectivity index (χ2v) is 5.15. The maximum atomic E-state index is 10.3. The van der Waals surface area contributed by atoms with Crippen LogP contribution in [0.3, 0.4) is 0 Å². The number of aliphatic hydroxyl groups is 1. The van der Waals surface area contributed by atoms with Crippen molar-refractivity contribution >= 4 is 11.6 Å². The molecule has 0 aliphatic heterocycles. The van der Waals surface area contributed by atoms with E-state index in [2.05, 4.69) is 6.92 Å². The smallest absolute Gasteiger partial charge is 0.0810 e. The monoisotopic (exact) mass is 218 g/mol. The van der Waals surface area contributed by atoms with Gasteiger partial charge in [-0.05, 0) is 19.3 Å². The van der Waals surface area contributed by atoms with Gasteiger partial charge in [0.1, 0.15) is 0 Å². The highest BCUT2D eigenvalue weighted by Crippen LogP contribution is 2.36. The van der Waals surface area contributed by atoms with Crippen LogP contribution in [-0.2, 0) is 0 Å². The maximum absolute atomic E-state index is 10.3. The number of halogens is 1. The molecule has 2 heteroatoms. The van der Waals surface area contributed by atoms with Crippen LogP contribution in [0.4, 0.5) is 0 Å². The molecular formula is C12H23ClO. The number of alkyl halides is 1. The van der Waals surface area contributed by atoms with Crippen molar-refractivity contribution in [2.45, 2.75) is 75.7 Å². The van der Waals surface area contributed by atoms with Crippen molar-refractivity contribution in [3.63, 3.8) is 0 Å². The Labute approximate surface area is 92.8 Å². The summed E-state index contributed by atoms with van der Waals surface area (Å²) in [7, 11) is 0. The molecule has 1 rings (SSSR count). The second-order valence-electron chi connectivity index (χ2n) is 4.63. The minimum absolute atomic E-state index is 0.00197. The van der Waals surface area contributed by atoms with Gasteiger partial charge in [0.05, 0.1) is 11.0 Å². The highest BCUT2D eigenvalue weighted by atomic mass is 35.5. The molecule has 0 saturated heterocycles. The average molecular weight is 219 g/mol. The third-order valence-electron chi connectivity index (χ3n) is 3.36. The van der Waals surface area contributed by atoms with E-state index >= 15 is 0 Å². The van der Waals surface area contributed by atoms with Crippen LogP contribution in [0.5, 0.6) is 0 Å². The van der Waals surface area contributed by atoms with E-state index in [1.54, 1.807) is 0 Å². The van der Waals surface area contributed by atoms with E-state index in [-0.39, 0.29) is 5.38 Å². The zero-order valence-electron chi connectivity index (χ0n) is 9.27. The van der Waals surface area contributed by atoms with Gasteiger partial charge in [0.15, 0.2) is 0 Å². The lowest BCUT2D eigenvalue weighted by Gasteiger charge is -2.36. The molecule has 1 nitrogen and oxygen atoms in total. The van der Waals surface area contributed by atoms with Crippen LogP contribution in [0.25, 0.3) is 0 Å². The Balaban J connectivity index is 2.25. The lowest BCUT2D eigenvalue weighted by atomic mass is 9.81. The van der Waals surface area contributed by atoms with Gasteiger partial charge in [0, 0.05) is 0 Å². The number of unbranched alkanes of at least 4 members (excludes halogenated alkanes) is 3. The van der Waals surface area contributed by atoms with Gasteiger partial charge in [-0.3, -0.25) is 0 Å². The van der Waals surface area contributed by atoms with Gasteiger partial charge < -0.3 is 5.11 Å². The van der Waals surface area contributed by atoms with E-state index < -0.39 is 5.60 Å². The summed E-state index contributed by atoms with van der Waals surface area (Å²) in [4.78, 5) is 0. The van der Waals surface area contributed by atoms with Gasteiger partial charge in [-0.1, -0.05) is 45.4 Å². The number of rotatable bonds is 5. The molecule has 0 radical (unpaired) electrons. The Hall–Kier alpha value is 0.250. The molecule has 0 aromatic heterocycles. The second kappa shape index (κ2) is 5.97. The van der Waals surface area contributed by atoms with Crippen molar-refractivity contribution in [1.29, 1.82) is 0 Å². The van der Waals surface area contributed by atoms with Crippen molar-refractivity contribution in [1.82, 2.24) is 0 Å². The molecule has 0 spiro atoms. The Kier molecular flexibility index (Phi) is 5.25. The predicted octanol–water partition coefficient (Wildman–Crippen LogP) is 3.87. The first-order valence-corrected chi connectivity index (χ1v) is 6.49. The standard InChI is InChI=1S/C12H23ClO/c1-2-3-4-6-9-12(14)10-7-5-8-11(12)13/h11,14H,2-10H2,1H3/t11-,12+/m0/s1. The zero-order valence-corrected chi connectivity index (χ0v) is 10.0. The Morgan fingerprint density at radius 2 is 2.07 bits per heavy atom. The average Bonchev–Trinajstić information content (AvgIpc) is 2.18. The van der Waals surface area contributed by atoms with Gasteiger partial charge in [-0.25, -0.2) is 0 Å². The van der Waals surface area contributed by atoms with Crippen molar-refractivity contribution < 1.29 is 5.11 Å². The van der Waals surface area contributed by atoms with E-state index in [0.717, 1.165) is 32.1 Å². The Bertz CT molecular complexity index is 160. The fourth-order valence-electron chi connectivity index (χ4n) is 2.32. The summed E-state index contributed by atoms with van der Waals surface area (Å²) in [6, 6.07) is 0. The van der Waals surface area contributed by atoms with E-state index in [9.17, 15) is 5.11 Å². The molecular weight excluding hydrogens is 196 g/mol. The van der Waals surface area contributed by atoms with E-state index in [1.165, 1.54) is 25.7 Å². The van der Waals surface area contributed by atoms with Crippen LogP contribution in [0, 0.1) is 0 Å². The summed E-state index contributed by atoms with van der Waals surface area (Å²) in [5.74, 6) is 0. The van der Waals surface area contributed by atoms with Gasteiger partial charge in [0.25, 0.3) is 0 Å². The van der Waals surface area contributed by atoms with Gasteiger partial charge in [-0.2, -0.15) is 0 Å². The van der Waals surface area contributed by atoms with Gasteiger partial charge in [-0.15, -0.1) is 11.6 Å².